The number of urea groups is 1. The van der Waals surface area contributed by atoms with Crippen molar-refractivity contribution in [3.63, 3.8) is 0 Å². The molecule has 1 aromatic rings. The normalized spacial score (nSPS) is 13.0. The molecule has 1 aromatic carbocycles. The molecule has 0 aliphatic carbocycles. The highest BCUT2D eigenvalue weighted by Crippen LogP contribution is 2.22. The Morgan fingerprint density at radius 2 is 1.90 bits per heavy atom. The second-order valence-electron chi connectivity index (χ2n) is 4.48. The number of carbonyl (C=O) groups excluding carboxylic acids is 2. The van der Waals surface area contributed by atoms with Crippen molar-refractivity contribution in [1.29, 1.82) is 0 Å². The quantitative estimate of drug-likeness (QED) is 0.626. The molecule has 1 unspecified atom stereocenters. The van der Waals surface area contributed by atoms with Crippen LogP contribution < -0.4 is 16.4 Å². The number of primary amides is 1. The fraction of sp³-hybridized carbons (Fsp3) is 0.308. The Kier molecular flexibility index (Phi) is 5.98. The maximum atomic E-state index is 11.8. The first kappa shape index (κ1) is 16.8. The summed E-state index contributed by atoms with van der Waals surface area (Å²) in [6, 6.07) is 3.78. The van der Waals surface area contributed by atoms with Gasteiger partial charge < -0.3 is 21.5 Å². The summed E-state index contributed by atoms with van der Waals surface area (Å²) in [5.41, 5.74) is 5.28. The first-order valence-corrected chi connectivity index (χ1v) is 6.51. The summed E-state index contributed by atoms with van der Waals surface area (Å²) in [4.78, 5) is 33.8. The molecule has 114 valence electrons. The zero-order valence-corrected chi connectivity index (χ0v) is 12.1. The van der Waals surface area contributed by atoms with Crippen molar-refractivity contribution in [3.8, 4) is 0 Å². The van der Waals surface area contributed by atoms with Crippen molar-refractivity contribution < 1.29 is 19.5 Å². The van der Waals surface area contributed by atoms with Crippen LogP contribution in [0.1, 0.15) is 24.9 Å². The van der Waals surface area contributed by atoms with E-state index in [0.29, 0.717) is 0 Å². The van der Waals surface area contributed by atoms with Crippen molar-refractivity contribution in [2.24, 2.45) is 5.73 Å². The second kappa shape index (κ2) is 7.49. The van der Waals surface area contributed by atoms with Crippen LogP contribution in [-0.4, -0.2) is 29.1 Å². The van der Waals surface area contributed by atoms with E-state index in [4.69, 9.17) is 17.3 Å². The van der Waals surface area contributed by atoms with Gasteiger partial charge in [0.25, 0.3) is 0 Å². The average Bonchev–Trinajstić information content (AvgIpc) is 2.35. The van der Waals surface area contributed by atoms with E-state index < -0.39 is 30.0 Å². The van der Waals surface area contributed by atoms with E-state index in [2.05, 4.69) is 10.6 Å². The minimum Gasteiger partial charge on any atom is -0.479 e. The zero-order chi connectivity index (χ0) is 16.0. The number of hydrogen-bond donors (Lipinski definition) is 4. The number of aliphatic carboxylic acids is 1. The Morgan fingerprint density at radius 3 is 2.43 bits per heavy atom. The van der Waals surface area contributed by atoms with Gasteiger partial charge in [0.2, 0.25) is 5.91 Å². The topological polar surface area (TPSA) is 122 Å². The summed E-state index contributed by atoms with van der Waals surface area (Å²) >= 11 is 5.92. The van der Waals surface area contributed by atoms with Gasteiger partial charge in [0.15, 0.2) is 6.04 Å². The summed E-state index contributed by atoms with van der Waals surface area (Å²) in [7, 11) is 0. The van der Waals surface area contributed by atoms with E-state index >= 15 is 0 Å². The molecule has 0 heterocycles. The number of amides is 3. The summed E-state index contributed by atoms with van der Waals surface area (Å²) in [6.07, 6.45) is -0.0444. The molecule has 3 amide bonds. The molecule has 0 bridgehead atoms. The number of carboxylic acid groups (broad SMARTS) is 1. The molecule has 0 saturated carbocycles. The van der Waals surface area contributed by atoms with Crippen LogP contribution in [0.4, 0.5) is 4.79 Å². The van der Waals surface area contributed by atoms with Crippen LogP contribution in [0, 0.1) is 0 Å². The summed E-state index contributed by atoms with van der Waals surface area (Å²) in [5, 5.41) is 14.2. The van der Waals surface area contributed by atoms with Crippen molar-refractivity contribution in [1.82, 2.24) is 10.6 Å². The van der Waals surface area contributed by atoms with Crippen LogP contribution >= 0.6 is 11.6 Å². The van der Waals surface area contributed by atoms with Crippen LogP contribution in [0.3, 0.4) is 0 Å². The van der Waals surface area contributed by atoms with Gasteiger partial charge in [-0.3, -0.25) is 4.79 Å². The highest BCUT2D eigenvalue weighted by atomic mass is 35.5. The Bertz CT molecular complexity index is 550. The van der Waals surface area contributed by atoms with Crippen molar-refractivity contribution >= 4 is 29.5 Å². The highest BCUT2D eigenvalue weighted by molar-refractivity contribution is 6.31. The lowest BCUT2D eigenvalue weighted by Gasteiger charge is -2.18. The molecule has 0 aliphatic heterocycles. The zero-order valence-electron chi connectivity index (χ0n) is 11.3. The minimum absolute atomic E-state index is 0.0444. The van der Waals surface area contributed by atoms with E-state index in [0.717, 1.165) is 0 Å². The van der Waals surface area contributed by atoms with Gasteiger partial charge in [0.05, 0.1) is 0 Å². The standard InChI is InChI=1S/C13H16ClN3O4/c1-7(6-10(15)18)16-13(21)17-11(12(19)20)8-4-2-3-5-9(8)14/h2-5,7,11H,6H2,1H3,(H2,15,18)(H,19,20)(H2,16,17,21)/t7?,11-/m1/s1. The van der Waals surface area contributed by atoms with E-state index in [1.54, 1.807) is 19.1 Å². The van der Waals surface area contributed by atoms with Gasteiger partial charge in [-0.15, -0.1) is 0 Å². The molecule has 0 fully saturated rings. The summed E-state index contributed by atoms with van der Waals surface area (Å²) in [6.45, 7) is 1.58. The van der Waals surface area contributed by atoms with Gasteiger partial charge in [-0.25, -0.2) is 9.59 Å². The molecular weight excluding hydrogens is 298 g/mol. The number of carboxylic acids is 1. The Labute approximate surface area is 126 Å². The maximum absolute atomic E-state index is 11.8. The van der Waals surface area contributed by atoms with E-state index in [1.165, 1.54) is 12.1 Å². The van der Waals surface area contributed by atoms with Gasteiger partial charge in [0.1, 0.15) is 0 Å². The smallest absolute Gasteiger partial charge is 0.331 e. The molecule has 0 aromatic heterocycles. The summed E-state index contributed by atoms with van der Waals surface area (Å²) in [5.74, 6) is -1.82. The number of benzene rings is 1. The lowest BCUT2D eigenvalue weighted by molar-refractivity contribution is -0.139. The molecule has 21 heavy (non-hydrogen) atoms. The second-order valence-corrected chi connectivity index (χ2v) is 4.89. The molecule has 2 atom stereocenters. The summed E-state index contributed by atoms with van der Waals surface area (Å²) < 4.78 is 0. The molecule has 7 nitrogen and oxygen atoms in total. The molecule has 0 spiro atoms. The number of hydrogen-bond acceptors (Lipinski definition) is 3. The van der Waals surface area contributed by atoms with Crippen LogP contribution in [0.25, 0.3) is 0 Å². The predicted molar refractivity (Wildman–Crippen MR) is 76.8 cm³/mol. The number of halogens is 1. The van der Waals surface area contributed by atoms with Crippen LogP contribution in [-0.2, 0) is 9.59 Å². The molecule has 5 N–H and O–H groups in total. The minimum atomic E-state index is -1.29. The first-order chi connectivity index (χ1) is 9.81. The highest BCUT2D eigenvalue weighted by Gasteiger charge is 2.24. The Hall–Kier alpha value is -2.28. The SMILES string of the molecule is CC(CC(N)=O)NC(=O)N[C@@H](C(=O)O)c1ccccc1Cl. The molecule has 8 heteroatoms. The van der Waals surface area contributed by atoms with Crippen LogP contribution in [0.5, 0.6) is 0 Å². The van der Waals surface area contributed by atoms with Gasteiger partial charge in [-0.05, 0) is 13.0 Å². The Balaban J connectivity index is 2.76. The average molecular weight is 314 g/mol. The van der Waals surface area contributed by atoms with E-state index in [1.807, 2.05) is 0 Å². The largest absolute Gasteiger partial charge is 0.479 e. The van der Waals surface area contributed by atoms with Gasteiger partial charge in [-0.2, -0.15) is 0 Å². The van der Waals surface area contributed by atoms with Crippen LogP contribution in [0.15, 0.2) is 24.3 Å². The van der Waals surface area contributed by atoms with Crippen molar-refractivity contribution in [2.75, 3.05) is 0 Å². The lowest BCUT2D eigenvalue weighted by Crippen LogP contribution is -2.45. The molecule has 0 radical (unpaired) electrons. The molecule has 0 saturated heterocycles. The third kappa shape index (κ3) is 5.31. The fourth-order valence-electron chi connectivity index (χ4n) is 1.73. The Morgan fingerprint density at radius 1 is 1.29 bits per heavy atom. The molecule has 1 rings (SSSR count). The maximum Gasteiger partial charge on any atom is 0.331 e. The van der Waals surface area contributed by atoms with Crippen molar-refractivity contribution in [2.45, 2.75) is 25.4 Å². The first-order valence-electron chi connectivity index (χ1n) is 6.13. The third-order valence-electron chi connectivity index (χ3n) is 2.62. The van der Waals surface area contributed by atoms with Gasteiger partial charge in [-0.1, -0.05) is 29.8 Å². The van der Waals surface area contributed by atoms with Crippen LogP contribution in [0.2, 0.25) is 5.02 Å². The predicted octanol–water partition coefficient (Wildman–Crippen LogP) is 1.03. The molecule has 0 aliphatic rings. The molecular formula is C13H16ClN3O4. The number of nitrogens with two attached hydrogens (primary N) is 1. The number of rotatable bonds is 6. The fourth-order valence-corrected chi connectivity index (χ4v) is 1.98. The number of nitrogens with one attached hydrogen (secondary N) is 2. The van der Waals surface area contributed by atoms with Gasteiger partial charge in [0, 0.05) is 23.0 Å². The van der Waals surface area contributed by atoms with Crippen molar-refractivity contribution in [3.05, 3.63) is 34.9 Å². The third-order valence-corrected chi connectivity index (χ3v) is 2.97. The number of carbonyl (C=O) groups is 3. The van der Waals surface area contributed by atoms with E-state index in [9.17, 15) is 19.5 Å². The van der Waals surface area contributed by atoms with Gasteiger partial charge >= 0.3 is 12.0 Å². The van der Waals surface area contributed by atoms with E-state index in [-0.39, 0.29) is 17.0 Å². The lowest BCUT2D eigenvalue weighted by atomic mass is 10.1. The monoisotopic (exact) mass is 313 g/mol.